The van der Waals surface area contributed by atoms with E-state index in [-0.39, 0.29) is 5.91 Å². The summed E-state index contributed by atoms with van der Waals surface area (Å²) in [6.07, 6.45) is 0. The smallest absolute Gasteiger partial charge is 0.271 e. The van der Waals surface area contributed by atoms with Crippen molar-refractivity contribution in [3.05, 3.63) is 58.1 Å². The third-order valence-electron chi connectivity index (χ3n) is 3.21. The average molecular weight is 377 g/mol. The quantitative estimate of drug-likeness (QED) is 0.640. The van der Waals surface area contributed by atoms with E-state index in [1.807, 2.05) is 25.1 Å². The molecule has 0 aliphatic rings. The van der Waals surface area contributed by atoms with Crippen LogP contribution < -0.4 is 14.9 Å². The second-order valence-corrected chi connectivity index (χ2v) is 5.63. The number of nitrogens with one attached hydrogen (secondary N) is 1. The molecule has 2 aromatic rings. The number of benzene rings is 2. The number of hydrogen-bond acceptors (Lipinski definition) is 4. The molecule has 0 spiro atoms. The van der Waals surface area contributed by atoms with Crippen LogP contribution in [0.2, 0.25) is 0 Å². The Morgan fingerprint density at radius 2 is 1.78 bits per heavy atom. The van der Waals surface area contributed by atoms with Gasteiger partial charge in [-0.15, -0.1) is 0 Å². The number of nitrogens with zero attached hydrogens (tertiary/aromatic N) is 1. The van der Waals surface area contributed by atoms with Crippen molar-refractivity contribution in [2.45, 2.75) is 6.92 Å². The molecule has 0 radical (unpaired) electrons. The van der Waals surface area contributed by atoms with E-state index in [2.05, 4.69) is 26.5 Å². The molecule has 2 aromatic carbocycles. The van der Waals surface area contributed by atoms with Crippen molar-refractivity contribution in [3.63, 3.8) is 0 Å². The monoisotopic (exact) mass is 376 g/mol. The van der Waals surface area contributed by atoms with Crippen LogP contribution in [0, 0.1) is 0 Å². The third kappa shape index (κ3) is 4.32. The van der Waals surface area contributed by atoms with Crippen LogP contribution in [0.4, 0.5) is 0 Å². The highest BCUT2D eigenvalue weighted by Crippen LogP contribution is 2.27. The lowest BCUT2D eigenvalue weighted by molar-refractivity contribution is 0.0955. The highest BCUT2D eigenvalue weighted by Gasteiger charge is 2.08. The molecule has 1 amide bonds. The number of hydrazone groups is 1. The molecule has 0 saturated carbocycles. The van der Waals surface area contributed by atoms with Gasteiger partial charge in [0.15, 0.2) is 11.5 Å². The average Bonchev–Trinajstić information content (AvgIpc) is 2.58. The molecule has 0 aromatic heterocycles. The fraction of sp³-hybridized carbons (Fsp3) is 0.176. The summed E-state index contributed by atoms with van der Waals surface area (Å²) < 4.78 is 11.3. The second kappa shape index (κ2) is 7.78. The van der Waals surface area contributed by atoms with E-state index in [1.54, 1.807) is 38.5 Å². The molecule has 120 valence electrons. The van der Waals surface area contributed by atoms with E-state index in [9.17, 15) is 4.79 Å². The zero-order valence-electron chi connectivity index (χ0n) is 13.1. The minimum absolute atomic E-state index is 0.272. The van der Waals surface area contributed by atoms with Gasteiger partial charge in [0.25, 0.3) is 5.91 Å². The van der Waals surface area contributed by atoms with Crippen LogP contribution in [0.1, 0.15) is 22.8 Å². The number of hydrogen-bond donors (Lipinski definition) is 1. The summed E-state index contributed by atoms with van der Waals surface area (Å²) in [5, 5.41) is 4.14. The maximum atomic E-state index is 12.1. The topological polar surface area (TPSA) is 59.9 Å². The number of carbonyl (C=O) groups is 1. The minimum atomic E-state index is -0.272. The van der Waals surface area contributed by atoms with E-state index < -0.39 is 0 Å². The van der Waals surface area contributed by atoms with Crippen LogP contribution in [0.25, 0.3) is 0 Å². The Bertz CT molecular complexity index is 744. The molecule has 0 heterocycles. The third-order valence-corrected chi connectivity index (χ3v) is 3.71. The van der Waals surface area contributed by atoms with Crippen LogP contribution in [-0.4, -0.2) is 25.8 Å². The lowest BCUT2D eigenvalue weighted by atomic mass is 10.1. The Labute approximate surface area is 143 Å². The Hall–Kier alpha value is -2.34. The molecule has 0 saturated heterocycles. The van der Waals surface area contributed by atoms with Crippen molar-refractivity contribution in [2.75, 3.05) is 14.2 Å². The van der Waals surface area contributed by atoms with E-state index in [0.29, 0.717) is 22.8 Å². The highest BCUT2D eigenvalue weighted by molar-refractivity contribution is 9.10. The molecule has 5 nitrogen and oxygen atoms in total. The van der Waals surface area contributed by atoms with Crippen LogP contribution in [0.15, 0.2) is 52.0 Å². The van der Waals surface area contributed by atoms with Gasteiger partial charge in [-0.05, 0) is 43.3 Å². The molecule has 0 unspecified atom stereocenters. The van der Waals surface area contributed by atoms with Crippen LogP contribution in [-0.2, 0) is 0 Å². The first-order chi connectivity index (χ1) is 11.0. The molecule has 6 heteroatoms. The fourth-order valence-corrected chi connectivity index (χ4v) is 2.35. The van der Waals surface area contributed by atoms with Gasteiger partial charge in [-0.3, -0.25) is 4.79 Å². The lowest BCUT2D eigenvalue weighted by Gasteiger charge is -2.09. The number of ether oxygens (including phenoxy) is 2. The minimum Gasteiger partial charge on any atom is -0.493 e. The molecular weight excluding hydrogens is 360 g/mol. The van der Waals surface area contributed by atoms with E-state index in [4.69, 9.17) is 9.47 Å². The maximum Gasteiger partial charge on any atom is 0.271 e. The van der Waals surface area contributed by atoms with Crippen LogP contribution in [0.3, 0.4) is 0 Å². The van der Waals surface area contributed by atoms with Crippen molar-refractivity contribution in [1.82, 2.24) is 5.43 Å². The summed E-state index contributed by atoms with van der Waals surface area (Å²) in [4.78, 5) is 12.1. The molecule has 0 bridgehead atoms. The van der Waals surface area contributed by atoms with Crippen molar-refractivity contribution >= 4 is 27.5 Å². The van der Waals surface area contributed by atoms with Crippen LogP contribution >= 0.6 is 15.9 Å². The molecular formula is C17H17BrN2O3. The maximum absolute atomic E-state index is 12.1. The first-order valence-electron chi connectivity index (χ1n) is 6.87. The van der Waals surface area contributed by atoms with Crippen molar-refractivity contribution in [3.8, 4) is 11.5 Å². The predicted octanol–water partition coefficient (Wildman–Crippen LogP) is 3.62. The van der Waals surface area contributed by atoms with Gasteiger partial charge < -0.3 is 9.47 Å². The first-order valence-corrected chi connectivity index (χ1v) is 7.67. The normalized spacial score (nSPS) is 11.0. The second-order valence-electron chi connectivity index (χ2n) is 4.72. The summed E-state index contributed by atoms with van der Waals surface area (Å²) in [7, 11) is 3.15. The van der Waals surface area contributed by atoms with Crippen LogP contribution in [0.5, 0.6) is 11.5 Å². The fourth-order valence-electron chi connectivity index (χ4n) is 1.95. The van der Waals surface area contributed by atoms with Crippen molar-refractivity contribution in [1.29, 1.82) is 0 Å². The van der Waals surface area contributed by atoms with Crippen molar-refractivity contribution in [2.24, 2.45) is 5.10 Å². The molecule has 23 heavy (non-hydrogen) atoms. The molecule has 2 rings (SSSR count). The predicted molar refractivity (Wildman–Crippen MR) is 93.4 cm³/mol. The number of methoxy groups -OCH3 is 2. The summed E-state index contributed by atoms with van der Waals surface area (Å²) in [5.41, 5.74) is 4.57. The zero-order chi connectivity index (χ0) is 16.8. The lowest BCUT2D eigenvalue weighted by Crippen LogP contribution is -2.19. The standard InChI is InChI=1S/C17H17BrN2O3/c1-11(12-7-8-15(22-2)16(10-12)23-3)19-20-17(21)13-5-4-6-14(18)9-13/h4-10H,1-3H3,(H,20,21). The van der Waals surface area contributed by atoms with Crippen molar-refractivity contribution < 1.29 is 14.3 Å². The number of carbonyl (C=O) groups excluding carboxylic acids is 1. The molecule has 0 fully saturated rings. The summed E-state index contributed by atoms with van der Waals surface area (Å²) >= 11 is 3.34. The molecule has 1 N–H and O–H groups in total. The summed E-state index contributed by atoms with van der Waals surface area (Å²) in [6, 6.07) is 12.6. The Morgan fingerprint density at radius 3 is 2.43 bits per heavy atom. The number of amides is 1. The van der Waals surface area contributed by atoms with Gasteiger partial charge in [0.2, 0.25) is 0 Å². The van der Waals surface area contributed by atoms with E-state index in [0.717, 1.165) is 10.0 Å². The van der Waals surface area contributed by atoms with Gasteiger partial charge in [0.1, 0.15) is 0 Å². The molecule has 0 atom stereocenters. The Morgan fingerprint density at radius 1 is 1.04 bits per heavy atom. The van der Waals surface area contributed by atoms with Gasteiger partial charge in [-0.1, -0.05) is 22.0 Å². The van der Waals surface area contributed by atoms with Gasteiger partial charge in [0.05, 0.1) is 19.9 Å². The van der Waals surface area contributed by atoms with E-state index >= 15 is 0 Å². The Kier molecular flexibility index (Phi) is 5.76. The number of rotatable bonds is 5. The summed E-state index contributed by atoms with van der Waals surface area (Å²) in [5.74, 6) is 0.978. The first kappa shape index (κ1) is 17.0. The summed E-state index contributed by atoms with van der Waals surface area (Å²) in [6.45, 7) is 1.81. The zero-order valence-corrected chi connectivity index (χ0v) is 14.7. The SMILES string of the molecule is COc1ccc(C(C)=NNC(=O)c2cccc(Br)c2)cc1OC. The van der Waals surface area contributed by atoms with Gasteiger partial charge in [-0.25, -0.2) is 5.43 Å². The molecule has 0 aliphatic carbocycles. The largest absolute Gasteiger partial charge is 0.493 e. The Balaban J connectivity index is 2.15. The van der Waals surface area contributed by atoms with Gasteiger partial charge in [-0.2, -0.15) is 5.10 Å². The highest BCUT2D eigenvalue weighted by atomic mass is 79.9. The van der Waals surface area contributed by atoms with Gasteiger partial charge >= 0.3 is 0 Å². The number of halogens is 1. The molecule has 0 aliphatic heterocycles. The van der Waals surface area contributed by atoms with Gasteiger partial charge in [0, 0.05) is 15.6 Å². The van der Waals surface area contributed by atoms with E-state index in [1.165, 1.54) is 0 Å².